The summed E-state index contributed by atoms with van der Waals surface area (Å²) in [6, 6.07) is 3.07. The number of ketones is 1. The second kappa shape index (κ2) is 10.5. The van der Waals surface area contributed by atoms with Gasteiger partial charge >= 0.3 is 23.9 Å². The summed E-state index contributed by atoms with van der Waals surface area (Å²) >= 11 is 0. The third kappa shape index (κ3) is 5.36. The zero-order chi connectivity index (χ0) is 31.5. The van der Waals surface area contributed by atoms with Gasteiger partial charge in [0.25, 0.3) is 0 Å². The van der Waals surface area contributed by atoms with Gasteiger partial charge in [-0.3, -0.25) is 24.2 Å². The molecule has 3 fully saturated rings. The van der Waals surface area contributed by atoms with E-state index in [0.717, 1.165) is 6.42 Å². The summed E-state index contributed by atoms with van der Waals surface area (Å²) in [5.41, 5.74) is -4.35. The number of Topliss-reactive ketones (excluding diaryl/α,β-unsaturated/α-hetero) is 1. The topological polar surface area (TPSA) is 148 Å². The number of carbonyl (C=O) groups is 5. The molecule has 1 aromatic rings. The van der Waals surface area contributed by atoms with Gasteiger partial charge in [-0.25, -0.2) is 4.79 Å². The van der Waals surface area contributed by atoms with Crippen molar-refractivity contribution < 1.29 is 47.7 Å². The van der Waals surface area contributed by atoms with Crippen LogP contribution in [0.5, 0.6) is 0 Å². The number of carbonyl (C=O) groups excluding carboxylic acids is 5. The average molecular weight is 598 g/mol. The molecular weight excluding hydrogens is 558 g/mol. The highest BCUT2D eigenvalue weighted by atomic mass is 16.6. The first kappa shape index (κ1) is 30.8. The molecular formula is C32H39NO10. The van der Waals surface area contributed by atoms with Crippen molar-refractivity contribution in [3.63, 3.8) is 0 Å². The number of nitrogens with zero attached hydrogens (tertiary/aromatic N) is 1. The van der Waals surface area contributed by atoms with Crippen LogP contribution in [-0.2, 0) is 42.9 Å². The number of allylic oxidation sites excluding steroid dienone is 1. The zero-order valence-corrected chi connectivity index (χ0v) is 25.6. The maximum Gasteiger partial charge on any atom is 0.340 e. The van der Waals surface area contributed by atoms with E-state index in [4.69, 9.17) is 23.7 Å². The Balaban J connectivity index is 1.75. The molecule has 0 aromatic carbocycles. The Bertz CT molecular complexity index is 1380. The summed E-state index contributed by atoms with van der Waals surface area (Å²) in [6.07, 6.45) is 3.01. The fourth-order valence-electron chi connectivity index (χ4n) is 7.67. The predicted molar refractivity (Wildman–Crippen MR) is 149 cm³/mol. The Hall–Kier alpha value is -3.60. The molecule has 232 valence electrons. The van der Waals surface area contributed by atoms with Crippen LogP contribution in [0.3, 0.4) is 0 Å². The Kier molecular flexibility index (Phi) is 7.56. The van der Waals surface area contributed by atoms with Crippen LogP contribution in [0.1, 0.15) is 78.1 Å². The molecule has 0 radical (unpaired) electrons. The van der Waals surface area contributed by atoms with Crippen molar-refractivity contribution in [1.82, 2.24) is 4.98 Å². The minimum atomic E-state index is -2.03. The number of aromatic nitrogens is 1. The standard InChI is InChI=1S/C32H39NO10/c1-17-13-23-22(29(23,5)6)10-11-31(16-39-31)27(40-18(2)34)24-26(41-28(38)21-9-8-12-33-14-21)30(7,42-19(3)35)15-32(24,25(17)37)43-20(4)36/h8-9,12-14,22-24,26-27H,10-11,15-16H2,1-7H3/b17-13+/t22-,23+,24+,26+,27+,30-,31+,32+/m0/s1. The molecule has 2 heterocycles. The number of esters is 4. The van der Waals surface area contributed by atoms with E-state index >= 15 is 0 Å². The molecule has 0 amide bonds. The molecule has 1 aromatic heterocycles. The van der Waals surface area contributed by atoms with E-state index in [0.29, 0.717) is 12.0 Å². The minimum Gasteiger partial charge on any atom is -0.459 e. The molecule has 11 nitrogen and oxygen atoms in total. The van der Waals surface area contributed by atoms with E-state index in [2.05, 4.69) is 18.8 Å². The van der Waals surface area contributed by atoms with Gasteiger partial charge in [-0.15, -0.1) is 0 Å². The first-order chi connectivity index (χ1) is 20.1. The molecule has 2 saturated carbocycles. The van der Waals surface area contributed by atoms with Gasteiger partial charge in [0.15, 0.2) is 17.3 Å². The Labute approximate surface area is 250 Å². The average Bonchev–Trinajstić information content (AvgIpc) is 3.77. The monoisotopic (exact) mass is 597 g/mol. The maximum absolute atomic E-state index is 14.7. The third-order valence-electron chi connectivity index (χ3n) is 9.76. The molecule has 0 unspecified atom stereocenters. The number of epoxide rings is 1. The molecule has 1 aliphatic heterocycles. The summed E-state index contributed by atoms with van der Waals surface area (Å²) in [6.45, 7) is 11.3. The normalized spacial score (nSPS) is 38.7. The van der Waals surface area contributed by atoms with Crippen molar-refractivity contribution in [3.05, 3.63) is 41.7 Å². The van der Waals surface area contributed by atoms with E-state index in [1.807, 2.05) is 6.08 Å². The summed E-state index contributed by atoms with van der Waals surface area (Å²) in [5, 5.41) is 0. The highest BCUT2D eigenvalue weighted by Gasteiger charge is 2.75. The van der Waals surface area contributed by atoms with Crippen LogP contribution in [0.2, 0.25) is 0 Å². The number of hydrogen-bond donors (Lipinski definition) is 0. The first-order valence-corrected chi connectivity index (χ1v) is 14.6. The molecule has 8 atom stereocenters. The highest BCUT2D eigenvalue weighted by Crippen LogP contribution is 2.64. The molecule has 0 bridgehead atoms. The second-order valence-electron chi connectivity index (χ2n) is 13.2. The van der Waals surface area contributed by atoms with Gasteiger partial charge in [0.05, 0.1) is 18.1 Å². The lowest BCUT2D eigenvalue weighted by atomic mass is 9.74. The first-order valence-electron chi connectivity index (χ1n) is 14.6. The smallest absolute Gasteiger partial charge is 0.340 e. The van der Waals surface area contributed by atoms with Crippen molar-refractivity contribution in [2.24, 2.45) is 23.2 Å². The van der Waals surface area contributed by atoms with Crippen LogP contribution in [0.15, 0.2) is 36.2 Å². The largest absolute Gasteiger partial charge is 0.459 e. The molecule has 3 aliphatic carbocycles. The molecule has 1 saturated heterocycles. The quantitative estimate of drug-likeness (QED) is 0.279. The summed E-state index contributed by atoms with van der Waals surface area (Å²) < 4.78 is 30.0. The van der Waals surface area contributed by atoms with Crippen molar-refractivity contribution in [3.8, 4) is 0 Å². The molecule has 4 aliphatic rings. The van der Waals surface area contributed by atoms with E-state index < -0.39 is 64.6 Å². The number of pyridine rings is 1. The third-order valence-corrected chi connectivity index (χ3v) is 9.76. The van der Waals surface area contributed by atoms with Gasteiger partial charge in [0.2, 0.25) is 5.78 Å². The summed E-state index contributed by atoms with van der Waals surface area (Å²) in [7, 11) is 0. The number of rotatable bonds is 5. The lowest BCUT2D eigenvalue weighted by molar-refractivity contribution is -0.188. The van der Waals surface area contributed by atoms with E-state index in [1.54, 1.807) is 13.0 Å². The Morgan fingerprint density at radius 3 is 2.21 bits per heavy atom. The highest BCUT2D eigenvalue weighted by molar-refractivity contribution is 6.03. The molecule has 11 heteroatoms. The summed E-state index contributed by atoms with van der Waals surface area (Å²) in [5.74, 6) is -4.43. The predicted octanol–water partition coefficient (Wildman–Crippen LogP) is 3.53. The van der Waals surface area contributed by atoms with Gasteiger partial charge in [-0.1, -0.05) is 19.9 Å². The Morgan fingerprint density at radius 2 is 1.65 bits per heavy atom. The van der Waals surface area contributed by atoms with Gasteiger partial charge in [-0.05, 0) is 61.6 Å². The number of fused-ring (bicyclic) bond motifs is 2. The minimum absolute atomic E-state index is 0.0779. The SMILES string of the molecule is CC(=O)O[C@@H]1[C@H]2[C@@H](OC(=O)c3cccnc3)[C@@](C)(OC(C)=O)C[C@]2(OC(C)=O)C(=O)/C(C)=C/[C@@H]2[C@H](CC[C@@]13CO3)C2(C)C. The zero-order valence-electron chi connectivity index (χ0n) is 25.6. The van der Waals surface area contributed by atoms with Crippen LogP contribution in [0.25, 0.3) is 0 Å². The summed E-state index contributed by atoms with van der Waals surface area (Å²) in [4.78, 5) is 70.3. The molecule has 5 rings (SSSR count). The lowest BCUT2D eigenvalue weighted by Gasteiger charge is -2.41. The maximum atomic E-state index is 14.7. The van der Waals surface area contributed by atoms with Crippen LogP contribution in [0, 0.1) is 23.2 Å². The van der Waals surface area contributed by atoms with E-state index in [1.165, 1.54) is 46.2 Å². The fourth-order valence-corrected chi connectivity index (χ4v) is 7.67. The van der Waals surface area contributed by atoms with Gasteiger partial charge in [0, 0.05) is 39.6 Å². The van der Waals surface area contributed by atoms with Gasteiger partial charge < -0.3 is 23.7 Å². The van der Waals surface area contributed by atoms with Gasteiger partial charge in [-0.2, -0.15) is 0 Å². The van der Waals surface area contributed by atoms with Crippen LogP contribution < -0.4 is 0 Å². The fraction of sp³-hybridized carbons (Fsp3) is 0.625. The molecule has 43 heavy (non-hydrogen) atoms. The lowest BCUT2D eigenvalue weighted by Crippen LogP contribution is -2.58. The second-order valence-corrected chi connectivity index (χ2v) is 13.2. The van der Waals surface area contributed by atoms with Crippen LogP contribution >= 0.6 is 0 Å². The van der Waals surface area contributed by atoms with Gasteiger partial charge in [0.1, 0.15) is 11.7 Å². The van der Waals surface area contributed by atoms with Crippen molar-refractivity contribution in [2.45, 2.75) is 96.7 Å². The molecule has 1 spiro atoms. The molecule has 0 N–H and O–H groups in total. The van der Waals surface area contributed by atoms with E-state index in [9.17, 15) is 24.0 Å². The van der Waals surface area contributed by atoms with Crippen molar-refractivity contribution in [2.75, 3.05) is 6.61 Å². The van der Waals surface area contributed by atoms with E-state index in [-0.39, 0.29) is 35.8 Å². The number of ether oxygens (including phenoxy) is 5. The van der Waals surface area contributed by atoms with Crippen LogP contribution in [0.4, 0.5) is 0 Å². The van der Waals surface area contributed by atoms with Crippen molar-refractivity contribution in [1.29, 1.82) is 0 Å². The van der Waals surface area contributed by atoms with Crippen LogP contribution in [-0.4, -0.2) is 70.3 Å². The Morgan fingerprint density at radius 1 is 0.977 bits per heavy atom. The number of hydrogen-bond acceptors (Lipinski definition) is 11. The van der Waals surface area contributed by atoms with Crippen molar-refractivity contribution >= 4 is 29.7 Å².